The molecule has 1 heterocycles. The fourth-order valence-electron chi connectivity index (χ4n) is 2.78. The van der Waals surface area contributed by atoms with Gasteiger partial charge in [-0.2, -0.15) is 0 Å². The molecule has 0 aliphatic heterocycles. The van der Waals surface area contributed by atoms with E-state index in [0.29, 0.717) is 20.7 Å². The zero-order chi connectivity index (χ0) is 21.5. The first-order valence-corrected chi connectivity index (χ1v) is 10.2. The van der Waals surface area contributed by atoms with E-state index in [4.69, 9.17) is 25.8 Å². The van der Waals surface area contributed by atoms with Gasteiger partial charge in [0.15, 0.2) is 6.61 Å². The number of esters is 1. The van der Waals surface area contributed by atoms with E-state index in [2.05, 4.69) is 5.32 Å². The van der Waals surface area contributed by atoms with Crippen LogP contribution >= 0.6 is 22.9 Å². The highest BCUT2D eigenvalue weighted by Gasteiger charge is 2.19. The molecule has 3 rings (SSSR count). The molecular formula is C22H20ClNO5S. The zero-order valence-corrected chi connectivity index (χ0v) is 18.0. The molecule has 0 fully saturated rings. The summed E-state index contributed by atoms with van der Waals surface area (Å²) < 4.78 is 16.0. The predicted octanol–water partition coefficient (Wildman–Crippen LogP) is 4.48. The van der Waals surface area contributed by atoms with Crippen LogP contribution in [-0.2, 0) is 9.53 Å². The minimum atomic E-state index is -0.590. The summed E-state index contributed by atoms with van der Waals surface area (Å²) in [7, 11) is 3.18. The Morgan fingerprint density at radius 3 is 1.87 bits per heavy atom. The third kappa shape index (κ3) is 5.52. The number of carbonyl (C=O) groups excluding carboxylic acids is 2. The highest BCUT2D eigenvalue weighted by Crippen LogP contribution is 2.26. The summed E-state index contributed by atoms with van der Waals surface area (Å²) >= 11 is 6.93. The summed E-state index contributed by atoms with van der Waals surface area (Å²) in [6.45, 7) is -0.406. The summed E-state index contributed by atoms with van der Waals surface area (Å²) in [5, 5.41) is 2.92. The maximum Gasteiger partial charge on any atom is 0.348 e. The molecule has 1 aromatic heterocycles. The molecule has 0 unspecified atom stereocenters. The Hall–Kier alpha value is -3.03. The Kier molecular flexibility index (Phi) is 7.32. The molecule has 1 N–H and O–H groups in total. The van der Waals surface area contributed by atoms with Crippen molar-refractivity contribution in [2.75, 3.05) is 20.8 Å². The number of thiophene rings is 1. The Bertz CT molecular complexity index is 954. The van der Waals surface area contributed by atoms with Crippen molar-refractivity contribution in [2.24, 2.45) is 0 Å². The molecular weight excluding hydrogens is 426 g/mol. The fraction of sp³-hybridized carbons (Fsp3) is 0.182. The summed E-state index contributed by atoms with van der Waals surface area (Å²) in [5.41, 5.74) is 1.70. The lowest BCUT2D eigenvalue weighted by atomic mass is 9.98. The van der Waals surface area contributed by atoms with Gasteiger partial charge in [-0.25, -0.2) is 4.79 Å². The molecule has 0 radical (unpaired) electrons. The zero-order valence-electron chi connectivity index (χ0n) is 16.4. The van der Waals surface area contributed by atoms with E-state index in [-0.39, 0.29) is 0 Å². The first-order valence-electron chi connectivity index (χ1n) is 9.00. The van der Waals surface area contributed by atoms with Crippen LogP contribution in [0.2, 0.25) is 4.34 Å². The van der Waals surface area contributed by atoms with Crippen molar-refractivity contribution in [1.29, 1.82) is 0 Å². The molecule has 8 heteroatoms. The van der Waals surface area contributed by atoms with Crippen molar-refractivity contribution < 1.29 is 23.8 Å². The minimum Gasteiger partial charge on any atom is -0.497 e. The number of halogens is 1. The number of rotatable bonds is 8. The van der Waals surface area contributed by atoms with Crippen molar-refractivity contribution in [3.63, 3.8) is 0 Å². The lowest BCUT2D eigenvalue weighted by Gasteiger charge is -2.20. The fourth-order valence-corrected chi connectivity index (χ4v) is 3.72. The second kappa shape index (κ2) is 10.1. The van der Waals surface area contributed by atoms with Crippen molar-refractivity contribution in [1.82, 2.24) is 5.32 Å². The second-order valence-corrected chi connectivity index (χ2v) is 7.94. The molecule has 30 heavy (non-hydrogen) atoms. The summed E-state index contributed by atoms with van der Waals surface area (Å²) in [6.07, 6.45) is 0. The third-order valence-electron chi connectivity index (χ3n) is 4.31. The molecule has 0 saturated carbocycles. The molecule has 0 bridgehead atoms. The van der Waals surface area contributed by atoms with Crippen molar-refractivity contribution in [3.05, 3.63) is 81.0 Å². The summed E-state index contributed by atoms with van der Waals surface area (Å²) in [6, 6.07) is 17.5. The van der Waals surface area contributed by atoms with Gasteiger partial charge in [-0.3, -0.25) is 4.79 Å². The van der Waals surface area contributed by atoms with Gasteiger partial charge in [-0.15, -0.1) is 11.3 Å². The molecule has 3 aromatic rings. The summed E-state index contributed by atoms with van der Waals surface area (Å²) in [5.74, 6) is 0.402. The van der Waals surface area contributed by atoms with Gasteiger partial charge in [0.05, 0.1) is 24.6 Å². The quantitative estimate of drug-likeness (QED) is 0.517. The molecule has 0 atom stereocenters. The van der Waals surface area contributed by atoms with Crippen LogP contribution in [0, 0.1) is 0 Å². The van der Waals surface area contributed by atoms with E-state index < -0.39 is 24.5 Å². The van der Waals surface area contributed by atoms with E-state index in [1.54, 1.807) is 26.4 Å². The average molecular weight is 446 g/mol. The van der Waals surface area contributed by atoms with E-state index in [9.17, 15) is 9.59 Å². The maximum atomic E-state index is 12.5. The first kappa shape index (κ1) is 21.7. The van der Waals surface area contributed by atoms with Crippen molar-refractivity contribution >= 4 is 34.8 Å². The molecule has 0 aliphatic rings. The summed E-state index contributed by atoms with van der Waals surface area (Å²) in [4.78, 5) is 24.9. The third-order valence-corrected chi connectivity index (χ3v) is 5.52. The predicted molar refractivity (Wildman–Crippen MR) is 116 cm³/mol. The number of benzene rings is 2. The largest absolute Gasteiger partial charge is 0.497 e. The smallest absolute Gasteiger partial charge is 0.348 e. The highest BCUT2D eigenvalue weighted by molar-refractivity contribution is 7.17. The molecule has 0 saturated heterocycles. The monoisotopic (exact) mass is 445 g/mol. The molecule has 156 valence electrons. The van der Waals surface area contributed by atoms with Crippen LogP contribution in [-0.4, -0.2) is 32.7 Å². The van der Waals surface area contributed by atoms with Crippen LogP contribution in [0.5, 0.6) is 11.5 Å². The van der Waals surface area contributed by atoms with Crippen LogP contribution < -0.4 is 14.8 Å². The van der Waals surface area contributed by atoms with E-state index in [1.165, 1.54) is 0 Å². The van der Waals surface area contributed by atoms with Gasteiger partial charge in [-0.1, -0.05) is 35.9 Å². The van der Waals surface area contributed by atoms with Crippen LogP contribution in [0.4, 0.5) is 0 Å². The van der Waals surface area contributed by atoms with Gasteiger partial charge in [-0.05, 0) is 47.5 Å². The number of amides is 1. The normalized spacial score (nSPS) is 10.5. The molecule has 6 nitrogen and oxygen atoms in total. The maximum absolute atomic E-state index is 12.5. The topological polar surface area (TPSA) is 73.9 Å². The van der Waals surface area contributed by atoms with Crippen LogP contribution in [0.3, 0.4) is 0 Å². The number of hydrogen-bond acceptors (Lipinski definition) is 6. The van der Waals surface area contributed by atoms with Gasteiger partial charge < -0.3 is 19.5 Å². The number of nitrogens with one attached hydrogen (secondary N) is 1. The molecule has 0 spiro atoms. The Morgan fingerprint density at radius 2 is 1.43 bits per heavy atom. The van der Waals surface area contributed by atoms with Crippen LogP contribution in [0.25, 0.3) is 0 Å². The molecule has 2 aromatic carbocycles. The Labute approximate surface area is 183 Å². The van der Waals surface area contributed by atoms with Gasteiger partial charge in [0.2, 0.25) is 0 Å². The number of ether oxygens (including phenoxy) is 3. The van der Waals surface area contributed by atoms with Gasteiger partial charge in [0, 0.05) is 0 Å². The van der Waals surface area contributed by atoms with Crippen molar-refractivity contribution in [3.8, 4) is 11.5 Å². The van der Waals surface area contributed by atoms with Gasteiger partial charge >= 0.3 is 5.97 Å². The number of hydrogen-bond donors (Lipinski definition) is 1. The van der Waals surface area contributed by atoms with Gasteiger partial charge in [0.25, 0.3) is 5.91 Å². The lowest BCUT2D eigenvalue weighted by Crippen LogP contribution is -2.33. The lowest BCUT2D eigenvalue weighted by molar-refractivity contribution is -0.124. The van der Waals surface area contributed by atoms with Crippen LogP contribution in [0.1, 0.15) is 26.8 Å². The highest BCUT2D eigenvalue weighted by atomic mass is 35.5. The van der Waals surface area contributed by atoms with Gasteiger partial charge in [0.1, 0.15) is 16.4 Å². The van der Waals surface area contributed by atoms with Crippen LogP contribution in [0.15, 0.2) is 60.7 Å². The minimum absolute atomic E-state index is 0.342. The first-order chi connectivity index (χ1) is 14.5. The second-order valence-electron chi connectivity index (χ2n) is 6.23. The average Bonchev–Trinajstić information content (AvgIpc) is 3.22. The Balaban J connectivity index is 1.73. The SMILES string of the molecule is COc1ccc(C(NC(=O)COC(=O)c2ccc(Cl)s2)c2ccc(OC)cc2)cc1. The standard InChI is InChI=1S/C22H20ClNO5S/c1-27-16-7-3-14(4-8-16)21(15-5-9-17(28-2)10-6-15)24-20(25)13-29-22(26)18-11-12-19(23)30-18/h3-12,21H,13H2,1-2H3,(H,24,25). The van der Waals surface area contributed by atoms with Crippen molar-refractivity contribution in [2.45, 2.75) is 6.04 Å². The number of methoxy groups -OCH3 is 2. The molecule has 0 aliphatic carbocycles. The van der Waals surface area contributed by atoms with E-state index in [1.807, 2.05) is 48.5 Å². The Morgan fingerprint density at radius 1 is 0.900 bits per heavy atom. The van der Waals surface area contributed by atoms with E-state index in [0.717, 1.165) is 22.5 Å². The molecule has 1 amide bonds. The van der Waals surface area contributed by atoms with E-state index >= 15 is 0 Å². The number of carbonyl (C=O) groups is 2.